The van der Waals surface area contributed by atoms with E-state index in [9.17, 15) is 18.8 Å². The Balaban J connectivity index is 1.50. The van der Waals surface area contributed by atoms with E-state index in [1.807, 2.05) is 6.07 Å². The van der Waals surface area contributed by atoms with Crippen LogP contribution in [0, 0.1) is 5.82 Å². The summed E-state index contributed by atoms with van der Waals surface area (Å²) < 4.78 is 18.5. The average Bonchev–Trinajstić information content (AvgIpc) is 3.02. The van der Waals surface area contributed by atoms with Crippen molar-refractivity contribution in [2.45, 2.75) is 25.1 Å². The van der Waals surface area contributed by atoms with Crippen LogP contribution < -0.4 is 10.1 Å². The molecule has 9 heteroatoms. The summed E-state index contributed by atoms with van der Waals surface area (Å²) in [5.74, 6) is 0.211. The molecule has 0 aliphatic carbocycles. The Hall–Kier alpha value is -2.94. The molecule has 152 valence electrons. The second-order valence-corrected chi connectivity index (χ2v) is 7.92. The molecule has 7 nitrogen and oxygen atoms in total. The van der Waals surface area contributed by atoms with Crippen LogP contribution in [0.1, 0.15) is 18.9 Å². The number of hydrogen-bond acceptors (Lipinski definition) is 6. The summed E-state index contributed by atoms with van der Waals surface area (Å²) in [4.78, 5) is 40.9. The predicted molar refractivity (Wildman–Crippen MR) is 106 cm³/mol. The zero-order chi connectivity index (χ0) is 20.8. The molecule has 1 fully saturated rings. The van der Waals surface area contributed by atoms with Crippen molar-refractivity contribution >= 4 is 28.7 Å². The molecule has 2 heterocycles. The third-order valence-corrected chi connectivity index (χ3v) is 5.22. The smallest absolute Gasteiger partial charge is 0.224 e. The Labute approximate surface area is 171 Å². The molecule has 0 spiro atoms. The summed E-state index contributed by atoms with van der Waals surface area (Å²) in [7, 11) is 0. The van der Waals surface area contributed by atoms with Gasteiger partial charge in [0.05, 0.1) is 6.54 Å². The van der Waals surface area contributed by atoms with Gasteiger partial charge in [0.2, 0.25) is 22.8 Å². The third-order valence-electron chi connectivity index (χ3n) is 4.17. The average molecular weight is 417 g/mol. The number of benzene rings is 1. The lowest BCUT2D eigenvalue weighted by atomic mass is 10.2. The van der Waals surface area contributed by atoms with Gasteiger partial charge in [0.1, 0.15) is 11.6 Å². The summed E-state index contributed by atoms with van der Waals surface area (Å²) in [6.07, 6.45) is 1.91. The molecule has 0 bridgehead atoms. The lowest BCUT2D eigenvalue weighted by Crippen LogP contribution is -2.27. The fourth-order valence-corrected chi connectivity index (χ4v) is 3.81. The van der Waals surface area contributed by atoms with E-state index in [-0.39, 0.29) is 41.0 Å². The van der Waals surface area contributed by atoms with Crippen LogP contribution in [0.2, 0.25) is 0 Å². The van der Waals surface area contributed by atoms with Crippen molar-refractivity contribution in [1.29, 1.82) is 0 Å². The zero-order valence-electron chi connectivity index (χ0n) is 15.8. The van der Waals surface area contributed by atoms with Crippen LogP contribution in [0.15, 0.2) is 42.6 Å². The second-order valence-electron chi connectivity index (χ2n) is 6.56. The first kappa shape index (κ1) is 20.8. The number of thioether (sulfide) groups is 1. The van der Waals surface area contributed by atoms with Crippen molar-refractivity contribution in [3.8, 4) is 11.6 Å². The fraction of sp³-hybridized carbons (Fsp3) is 0.300. The number of aromatic nitrogens is 1. The van der Waals surface area contributed by atoms with E-state index in [1.165, 1.54) is 31.2 Å². The summed E-state index contributed by atoms with van der Waals surface area (Å²) >= 11 is 1.09. The fourth-order valence-electron chi connectivity index (χ4n) is 2.80. The van der Waals surface area contributed by atoms with Crippen LogP contribution in [-0.2, 0) is 20.9 Å². The second kappa shape index (κ2) is 9.51. The number of ether oxygens (including phenoxy) is 1. The Morgan fingerprint density at radius 2 is 2.03 bits per heavy atom. The van der Waals surface area contributed by atoms with Crippen LogP contribution in [0.25, 0.3) is 0 Å². The summed E-state index contributed by atoms with van der Waals surface area (Å²) in [5.41, 5.74) is 0.833. The van der Waals surface area contributed by atoms with Crippen molar-refractivity contribution in [2.24, 2.45) is 0 Å². The van der Waals surface area contributed by atoms with Crippen molar-refractivity contribution in [3.05, 3.63) is 54.0 Å². The molecule has 1 aromatic heterocycles. The minimum atomic E-state index is -0.343. The number of amides is 2. The van der Waals surface area contributed by atoms with E-state index in [1.54, 1.807) is 17.2 Å². The maximum absolute atomic E-state index is 12.9. The highest BCUT2D eigenvalue weighted by Gasteiger charge is 2.31. The number of carbonyl (C=O) groups excluding carboxylic acids is 3. The van der Waals surface area contributed by atoms with Crippen LogP contribution >= 0.6 is 11.8 Å². The number of halogens is 1. The van der Waals surface area contributed by atoms with E-state index in [0.717, 1.165) is 17.3 Å². The van der Waals surface area contributed by atoms with Gasteiger partial charge in [-0.25, -0.2) is 9.37 Å². The van der Waals surface area contributed by atoms with E-state index in [4.69, 9.17) is 4.74 Å². The number of likely N-dealkylation sites (tertiary alicyclic amines) is 1. The quantitative estimate of drug-likeness (QED) is 0.745. The molecule has 1 N–H and O–H groups in total. The van der Waals surface area contributed by atoms with Crippen molar-refractivity contribution in [1.82, 2.24) is 15.2 Å². The lowest BCUT2D eigenvalue weighted by molar-refractivity contribution is -0.128. The van der Waals surface area contributed by atoms with Gasteiger partial charge < -0.3 is 15.0 Å². The number of pyridine rings is 1. The minimum Gasteiger partial charge on any atom is -0.439 e. The summed E-state index contributed by atoms with van der Waals surface area (Å²) in [5, 5.41) is 2.17. The molecule has 1 aliphatic heterocycles. The molecule has 0 saturated carbocycles. The van der Waals surface area contributed by atoms with Crippen molar-refractivity contribution in [3.63, 3.8) is 0 Å². The lowest BCUT2D eigenvalue weighted by Gasteiger charge is -2.16. The first-order valence-electron chi connectivity index (χ1n) is 8.99. The van der Waals surface area contributed by atoms with Gasteiger partial charge in [-0.05, 0) is 29.8 Å². The molecule has 1 aromatic carbocycles. The standard InChI is InChI=1S/C20H20FN3O4S/c1-13(25)22-10-20(27)29-17-8-19(26)24(12-17)11-14-2-7-18(23-9-14)28-16-5-3-15(21)4-6-16/h2-7,9,17H,8,10-12H2,1H3,(H,22,25)/t17-/m1/s1. The highest BCUT2D eigenvalue weighted by atomic mass is 32.2. The molecule has 2 amide bonds. The maximum Gasteiger partial charge on any atom is 0.224 e. The predicted octanol–water partition coefficient (Wildman–Crippen LogP) is 2.51. The highest BCUT2D eigenvalue weighted by Crippen LogP contribution is 2.26. The van der Waals surface area contributed by atoms with Gasteiger partial charge in [-0.15, -0.1) is 0 Å². The molecule has 1 saturated heterocycles. The van der Waals surface area contributed by atoms with Crippen LogP contribution in [0.5, 0.6) is 11.6 Å². The molecule has 0 unspecified atom stereocenters. The SMILES string of the molecule is CC(=O)NCC(=O)S[C@@H]1CC(=O)N(Cc2ccc(Oc3ccc(F)cc3)nc2)C1. The molecule has 2 aromatic rings. The van der Waals surface area contributed by atoms with E-state index in [0.29, 0.717) is 24.7 Å². The molecule has 3 rings (SSSR count). The topological polar surface area (TPSA) is 88.6 Å². The van der Waals surface area contributed by atoms with Crippen LogP contribution in [-0.4, -0.2) is 45.2 Å². The van der Waals surface area contributed by atoms with Gasteiger partial charge in [0.25, 0.3) is 0 Å². The molecule has 1 aliphatic rings. The van der Waals surface area contributed by atoms with Gasteiger partial charge in [-0.3, -0.25) is 14.4 Å². The summed E-state index contributed by atoms with van der Waals surface area (Å²) in [6.45, 7) is 2.16. The van der Waals surface area contributed by atoms with Gasteiger partial charge in [0.15, 0.2) is 0 Å². The van der Waals surface area contributed by atoms with Gasteiger partial charge in [0, 0.05) is 43.9 Å². The van der Waals surface area contributed by atoms with Gasteiger partial charge in [-0.1, -0.05) is 17.8 Å². The van der Waals surface area contributed by atoms with E-state index < -0.39 is 0 Å². The molecular weight excluding hydrogens is 397 g/mol. The van der Waals surface area contributed by atoms with Crippen LogP contribution in [0.3, 0.4) is 0 Å². The molecule has 1 atom stereocenters. The Morgan fingerprint density at radius 1 is 1.28 bits per heavy atom. The van der Waals surface area contributed by atoms with Crippen molar-refractivity contribution < 1.29 is 23.5 Å². The normalized spacial score (nSPS) is 16.0. The zero-order valence-corrected chi connectivity index (χ0v) is 16.6. The number of hydrogen-bond donors (Lipinski definition) is 1. The van der Waals surface area contributed by atoms with Gasteiger partial charge in [-0.2, -0.15) is 0 Å². The van der Waals surface area contributed by atoms with E-state index >= 15 is 0 Å². The first-order valence-corrected chi connectivity index (χ1v) is 9.87. The maximum atomic E-state index is 12.9. The Kier molecular flexibility index (Phi) is 6.82. The Morgan fingerprint density at radius 3 is 2.69 bits per heavy atom. The largest absolute Gasteiger partial charge is 0.439 e. The molecule has 29 heavy (non-hydrogen) atoms. The monoisotopic (exact) mass is 417 g/mol. The highest BCUT2D eigenvalue weighted by molar-refractivity contribution is 8.14. The summed E-state index contributed by atoms with van der Waals surface area (Å²) in [6, 6.07) is 9.12. The first-order chi connectivity index (χ1) is 13.9. The van der Waals surface area contributed by atoms with E-state index in [2.05, 4.69) is 10.3 Å². The molecular formula is C20H20FN3O4S. The van der Waals surface area contributed by atoms with Crippen LogP contribution in [0.4, 0.5) is 4.39 Å². The Bertz CT molecular complexity index is 890. The number of nitrogens with zero attached hydrogens (tertiary/aromatic N) is 2. The number of nitrogens with one attached hydrogen (secondary N) is 1. The minimum absolute atomic E-state index is 0.0264. The molecule has 0 radical (unpaired) electrons. The number of carbonyl (C=O) groups is 3. The third kappa shape index (κ3) is 6.28. The number of rotatable bonds is 7. The van der Waals surface area contributed by atoms with Gasteiger partial charge >= 0.3 is 0 Å². The van der Waals surface area contributed by atoms with Crippen molar-refractivity contribution in [2.75, 3.05) is 13.1 Å².